The molecule has 0 atom stereocenters. The smallest absolute Gasteiger partial charge is 0.131 e. The number of ether oxygens (including phenoxy) is 1. The van der Waals surface area contributed by atoms with Gasteiger partial charge in [-0.2, -0.15) is 0 Å². The summed E-state index contributed by atoms with van der Waals surface area (Å²) in [5.74, 6) is 0. The van der Waals surface area contributed by atoms with Crippen molar-refractivity contribution in [2.45, 2.75) is 25.0 Å². The first-order chi connectivity index (χ1) is 6.78. The first-order valence-corrected chi connectivity index (χ1v) is 5.06. The molecule has 2 rings (SSSR count). The number of nitrogens with one attached hydrogen (secondary N) is 1. The fraction of sp³-hybridized carbons (Fsp3) is 0.500. The zero-order chi connectivity index (χ0) is 9.97. The van der Waals surface area contributed by atoms with Crippen molar-refractivity contribution in [1.82, 2.24) is 4.98 Å². The van der Waals surface area contributed by atoms with Crippen molar-refractivity contribution in [2.24, 2.45) is 0 Å². The summed E-state index contributed by atoms with van der Waals surface area (Å²) in [5, 5.41) is 3.90. The maximum absolute atomic E-state index is 5.77. The monoisotopic (exact) mass is 212 g/mol. The van der Waals surface area contributed by atoms with Gasteiger partial charge in [-0.3, -0.25) is 0 Å². The van der Waals surface area contributed by atoms with Gasteiger partial charge in [0.1, 0.15) is 5.15 Å². The molecular weight excluding hydrogens is 200 g/mol. The minimum Gasteiger partial charge on any atom is -0.382 e. The van der Waals surface area contributed by atoms with Gasteiger partial charge in [-0.25, -0.2) is 4.98 Å². The van der Waals surface area contributed by atoms with Gasteiger partial charge in [-0.05, 0) is 25.0 Å². The van der Waals surface area contributed by atoms with Gasteiger partial charge in [0.05, 0.1) is 6.10 Å². The number of aromatic nitrogens is 1. The Morgan fingerprint density at radius 1 is 1.57 bits per heavy atom. The Kier molecular flexibility index (Phi) is 2.89. The number of rotatable bonds is 3. The molecule has 4 heteroatoms. The van der Waals surface area contributed by atoms with E-state index in [0.717, 1.165) is 18.5 Å². The molecule has 0 amide bonds. The standard InChI is InChI=1S/C10H13ClN2O/c1-14-9-4-8(5-9)13-7-2-3-12-10(11)6-7/h2-3,6,8-9H,4-5H2,1H3,(H,12,13). The molecule has 0 bridgehead atoms. The lowest BCUT2D eigenvalue weighted by Gasteiger charge is -2.35. The summed E-state index contributed by atoms with van der Waals surface area (Å²) in [6.45, 7) is 0. The van der Waals surface area contributed by atoms with Crippen molar-refractivity contribution in [3.63, 3.8) is 0 Å². The number of pyridine rings is 1. The van der Waals surface area contributed by atoms with E-state index in [9.17, 15) is 0 Å². The fourth-order valence-electron chi connectivity index (χ4n) is 1.60. The van der Waals surface area contributed by atoms with E-state index in [-0.39, 0.29) is 0 Å². The number of halogens is 1. The number of nitrogens with zero attached hydrogens (tertiary/aromatic N) is 1. The second-order valence-electron chi connectivity index (χ2n) is 3.54. The maximum Gasteiger partial charge on any atom is 0.131 e. The van der Waals surface area contributed by atoms with E-state index < -0.39 is 0 Å². The van der Waals surface area contributed by atoms with Gasteiger partial charge in [0.25, 0.3) is 0 Å². The lowest BCUT2D eigenvalue weighted by molar-refractivity contribution is 0.0329. The van der Waals surface area contributed by atoms with Gasteiger partial charge in [-0.1, -0.05) is 11.6 Å². The predicted molar refractivity (Wildman–Crippen MR) is 56.7 cm³/mol. The first kappa shape index (κ1) is 9.74. The van der Waals surface area contributed by atoms with Crippen LogP contribution < -0.4 is 5.32 Å². The summed E-state index contributed by atoms with van der Waals surface area (Å²) in [5.41, 5.74) is 1.03. The van der Waals surface area contributed by atoms with Crippen LogP contribution in [0.5, 0.6) is 0 Å². The molecule has 1 heterocycles. The number of hydrogen-bond acceptors (Lipinski definition) is 3. The summed E-state index contributed by atoms with van der Waals surface area (Å²) in [6, 6.07) is 4.27. The Bertz CT molecular complexity index is 313. The quantitative estimate of drug-likeness (QED) is 0.781. The predicted octanol–water partition coefficient (Wildman–Crippen LogP) is 2.32. The van der Waals surface area contributed by atoms with Gasteiger partial charge < -0.3 is 10.1 Å². The van der Waals surface area contributed by atoms with Gasteiger partial charge in [0.2, 0.25) is 0 Å². The Morgan fingerprint density at radius 2 is 2.36 bits per heavy atom. The molecule has 1 aliphatic carbocycles. The summed E-state index contributed by atoms with van der Waals surface area (Å²) >= 11 is 5.77. The Balaban J connectivity index is 1.87. The lowest BCUT2D eigenvalue weighted by Crippen LogP contribution is -2.40. The molecule has 1 fully saturated rings. The topological polar surface area (TPSA) is 34.1 Å². The SMILES string of the molecule is COC1CC(Nc2ccnc(Cl)c2)C1. The second-order valence-corrected chi connectivity index (χ2v) is 3.92. The highest BCUT2D eigenvalue weighted by Crippen LogP contribution is 2.26. The van der Waals surface area contributed by atoms with Crippen molar-refractivity contribution in [2.75, 3.05) is 12.4 Å². The van der Waals surface area contributed by atoms with Gasteiger partial charge in [-0.15, -0.1) is 0 Å². The molecule has 0 aliphatic heterocycles. The number of hydrogen-bond donors (Lipinski definition) is 1. The van der Waals surface area contributed by atoms with E-state index >= 15 is 0 Å². The van der Waals surface area contributed by atoms with Crippen LogP contribution in [0.4, 0.5) is 5.69 Å². The number of methoxy groups -OCH3 is 1. The molecule has 0 unspecified atom stereocenters. The first-order valence-electron chi connectivity index (χ1n) is 4.69. The van der Waals surface area contributed by atoms with Gasteiger partial charge in [0.15, 0.2) is 0 Å². The molecule has 1 aromatic rings. The van der Waals surface area contributed by atoms with Crippen LogP contribution >= 0.6 is 11.6 Å². The molecule has 1 saturated carbocycles. The highest BCUT2D eigenvalue weighted by Gasteiger charge is 2.28. The summed E-state index contributed by atoms with van der Waals surface area (Å²) in [4.78, 5) is 3.92. The van der Waals surface area contributed by atoms with Crippen LogP contribution in [-0.4, -0.2) is 24.2 Å². The Labute approximate surface area is 88.4 Å². The molecule has 0 saturated heterocycles. The zero-order valence-corrected chi connectivity index (χ0v) is 8.79. The van der Waals surface area contributed by atoms with Crippen molar-refractivity contribution >= 4 is 17.3 Å². The van der Waals surface area contributed by atoms with Crippen molar-refractivity contribution in [3.05, 3.63) is 23.5 Å². The number of anilines is 1. The van der Waals surface area contributed by atoms with Crippen LogP contribution in [-0.2, 0) is 4.74 Å². The highest BCUT2D eigenvalue weighted by atomic mass is 35.5. The third-order valence-corrected chi connectivity index (χ3v) is 2.73. The van der Waals surface area contributed by atoms with Crippen LogP contribution in [0.3, 0.4) is 0 Å². The van der Waals surface area contributed by atoms with E-state index in [2.05, 4.69) is 10.3 Å². The van der Waals surface area contributed by atoms with E-state index in [4.69, 9.17) is 16.3 Å². The van der Waals surface area contributed by atoms with E-state index in [1.54, 1.807) is 13.3 Å². The largest absolute Gasteiger partial charge is 0.382 e. The highest BCUT2D eigenvalue weighted by molar-refractivity contribution is 6.29. The fourth-order valence-corrected chi connectivity index (χ4v) is 1.78. The van der Waals surface area contributed by atoms with Crippen LogP contribution in [0.1, 0.15) is 12.8 Å². The van der Waals surface area contributed by atoms with Crippen molar-refractivity contribution in [1.29, 1.82) is 0 Å². The zero-order valence-electron chi connectivity index (χ0n) is 8.03. The summed E-state index contributed by atoms with van der Waals surface area (Å²) in [7, 11) is 1.75. The molecule has 76 valence electrons. The Morgan fingerprint density at radius 3 is 3.00 bits per heavy atom. The van der Waals surface area contributed by atoms with Gasteiger partial charge >= 0.3 is 0 Å². The third kappa shape index (κ3) is 2.16. The molecule has 1 N–H and O–H groups in total. The molecule has 14 heavy (non-hydrogen) atoms. The van der Waals surface area contributed by atoms with E-state index in [1.807, 2.05) is 12.1 Å². The van der Waals surface area contributed by atoms with Crippen LogP contribution in [0.2, 0.25) is 5.15 Å². The van der Waals surface area contributed by atoms with Gasteiger partial charge in [0, 0.05) is 25.0 Å². The summed E-state index contributed by atoms with van der Waals surface area (Å²) in [6.07, 6.45) is 4.26. The maximum atomic E-state index is 5.77. The average Bonchev–Trinajstić information content (AvgIpc) is 2.10. The molecule has 3 nitrogen and oxygen atoms in total. The molecule has 0 aromatic carbocycles. The van der Waals surface area contributed by atoms with Crippen LogP contribution in [0.25, 0.3) is 0 Å². The van der Waals surface area contributed by atoms with Crippen molar-refractivity contribution < 1.29 is 4.74 Å². The minimum absolute atomic E-state index is 0.421. The third-order valence-electron chi connectivity index (χ3n) is 2.53. The Hall–Kier alpha value is -0.800. The van der Waals surface area contributed by atoms with Crippen LogP contribution in [0.15, 0.2) is 18.3 Å². The lowest BCUT2D eigenvalue weighted by atomic mass is 9.89. The second kappa shape index (κ2) is 4.15. The average molecular weight is 213 g/mol. The van der Waals surface area contributed by atoms with Crippen molar-refractivity contribution in [3.8, 4) is 0 Å². The van der Waals surface area contributed by atoms with Crippen LogP contribution in [0, 0.1) is 0 Å². The van der Waals surface area contributed by atoms with E-state index in [0.29, 0.717) is 17.3 Å². The normalized spacial score (nSPS) is 25.6. The minimum atomic E-state index is 0.421. The van der Waals surface area contributed by atoms with E-state index in [1.165, 1.54) is 0 Å². The molecule has 1 aliphatic rings. The molecular formula is C10H13ClN2O. The molecule has 0 radical (unpaired) electrons. The summed E-state index contributed by atoms with van der Waals surface area (Å²) < 4.78 is 5.20. The molecule has 1 aromatic heterocycles. The molecule has 0 spiro atoms.